The molecule has 1 aliphatic heterocycles. The Kier molecular flexibility index (Phi) is 3.25. The van der Waals surface area contributed by atoms with Gasteiger partial charge in [0.15, 0.2) is 0 Å². The summed E-state index contributed by atoms with van der Waals surface area (Å²) in [5, 5.41) is 19.1. The average molecular weight is 169 g/mol. The van der Waals surface area contributed by atoms with Crippen LogP contribution in [0.5, 0.6) is 0 Å². The van der Waals surface area contributed by atoms with Crippen molar-refractivity contribution in [1.29, 1.82) is 5.41 Å². The molecule has 1 heterocycles. The maximum Gasteiger partial charge on any atom is 0.0828 e. The van der Waals surface area contributed by atoms with E-state index in [4.69, 9.17) is 16.2 Å². The molecule has 0 spiro atoms. The highest BCUT2D eigenvalue weighted by Crippen LogP contribution is 2.17. The molecule has 5 N–H and O–H groups in total. The molecular formula is C8H15N3O. The summed E-state index contributed by atoms with van der Waals surface area (Å²) in [6.45, 7) is 1.69. The topological polar surface area (TPSA) is 82.1 Å². The minimum atomic E-state index is -0.152. The molecule has 1 rings (SSSR count). The fraction of sp³-hybridized carbons (Fsp3) is 0.625. The normalized spacial score (nSPS) is 25.2. The summed E-state index contributed by atoms with van der Waals surface area (Å²) in [5.74, 6) is 0.314. The van der Waals surface area contributed by atoms with Crippen LogP contribution in [0.25, 0.3) is 0 Å². The predicted molar refractivity (Wildman–Crippen MR) is 48.1 cm³/mol. The first-order valence-electron chi connectivity index (χ1n) is 4.10. The molecule has 0 amide bonds. The maximum absolute atomic E-state index is 8.79. The first-order chi connectivity index (χ1) is 5.79. The third kappa shape index (κ3) is 1.84. The molecule has 0 aliphatic carbocycles. The van der Waals surface area contributed by atoms with Crippen molar-refractivity contribution >= 4 is 6.21 Å². The van der Waals surface area contributed by atoms with E-state index in [0.29, 0.717) is 11.6 Å². The fourth-order valence-corrected chi connectivity index (χ4v) is 1.48. The standard InChI is InChI=1S/C8H15N3O/c9-3-7(8(10)5-12)6-1-2-11-4-6/h3,6,9,11-12H,1-2,4-5,10H2/b8-7+,9-3?. The van der Waals surface area contributed by atoms with Crippen molar-refractivity contribution in [3.05, 3.63) is 11.3 Å². The lowest BCUT2D eigenvalue weighted by Crippen LogP contribution is -2.17. The van der Waals surface area contributed by atoms with Crippen molar-refractivity contribution in [2.45, 2.75) is 6.42 Å². The Balaban J connectivity index is 2.72. The van der Waals surface area contributed by atoms with Crippen molar-refractivity contribution in [1.82, 2.24) is 5.32 Å². The number of nitrogens with one attached hydrogen (secondary N) is 2. The summed E-state index contributed by atoms with van der Waals surface area (Å²) in [6, 6.07) is 0. The summed E-state index contributed by atoms with van der Waals surface area (Å²) in [4.78, 5) is 0. The molecule has 0 aromatic rings. The highest BCUT2D eigenvalue weighted by molar-refractivity contribution is 5.77. The first-order valence-corrected chi connectivity index (χ1v) is 4.10. The van der Waals surface area contributed by atoms with Crippen LogP contribution in [0.4, 0.5) is 0 Å². The largest absolute Gasteiger partial charge is 0.400 e. The van der Waals surface area contributed by atoms with Crippen LogP contribution >= 0.6 is 0 Å². The van der Waals surface area contributed by atoms with Gasteiger partial charge in [0.2, 0.25) is 0 Å². The van der Waals surface area contributed by atoms with Crippen molar-refractivity contribution in [2.75, 3.05) is 19.7 Å². The van der Waals surface area contributed by atoms with E-state index in [1.165, 1.54) is 6.21 Å². The molecule has 1 atom stereocenters. The van der Waals surface area contributed by atoms with Gasteiger partial charge in [-0.25, -0.2) is 0 Å². The predicted octanol–water partition coefficient (Wildman–Crippen LogP) is -0.549. The lowest BCUT2D eigenvalue weighted by molar-refractivity contribution is 0.327. The molecule has 1 unspecified atom stereocenters. The second kappa shape index (κ2) is 4.23. The van der Waals surface area contributed by atoms with E-state index < -0.39 is 0 Å². The third-order valence-corrected chi connectivity index (χ3v) is 2.20. The Morgan fingerprint density at radius 1 is 1.75 bits per heavy atom. The molecule has 0 saturated carbocycles. The van der Waals surface area contributed by atoms with Gasteiger partial charge < -0.3 is 21.6 Å². The minimum Gasteiger partial charge on any atom is -0.400 e. The SMILES string of the molecule is N=C/C(=C(\N)CO)C1CCNC1. The van der Waals surface area contributed by atoms with Crippen molar-refractivity contribution < 1.29 is 5.11 Å². The number of aliphatic hydroxyl groups excluding tert-OH is 1. The summed E-state index contributed by atoms with van der Waals surface area (Å²) in [7, 11) is 0. The van der Waals surface area contributed by atoms with E-state index in [0.717, 1.165) is 25.1 Å². The minimum absolute atomic E-state index is 0.152. The van der Waals surface area contributed by atoms with Gasteiger partial charge in [0.25, 0.3) is 0 Å². The van der Waals surface area contributed by atoms with Crippen LogP contribution in [-0.2, 0) is 0 Å². The first kappa shape index (κ1) is 9.22. The van der Waals surface area contributed by atoms with Crippen molar-refractivity contribution in [3.63, 3.8) is 0 Å². The van der Waals surface area contributed by atoms with Crippen molar-refractivity contribution in [2.24, 2.45) is 11.7 Å². The molecule has 0 radical (unpaired) electrons. The summed E-state index contributed by atoms with van der Waals surface area (Å²) < 4.78 is 0. The molecule has 1 aliphatic rings. The third-order valence-electron chi connectivity index (χ3n) is 2.20. The van der Waals surface area contributed by atoms with Crippen LogP contribution in [0.1, 0.15) is 6.42 Å². The van der Waals surface area contributed by atoms with Crippen molar-refractivity contribution in [3.8, 4) is 0 Å². The molecule has 1 fully saturated rings. The molecule has 0 bridgehead atoms. The quantitative estimate of drug-likeness (QED) is 0.428. The van der Waals surface area contributed by atoms with Gasteiger partial charge in [-0.15, -0.1) is 0 Å². The van der Waals surface area contributed by atoms with Gasteiger partial charge in [0.1, 0.15) is 0 Å². The summed E-state index contributed by atoms with van der Waals surface area (Å²) in [5.41, 5.74) is 6.77. The lowest BCUT2D eigenvalue weighted by Gasteiger charge is -2.11. The van der Waals surface area contributed by atoms with Crippen LogP contribution in [-0.4, -0.2) is 31.0 Å². The van der Waals surface area contributed by atoms with Crippen LogP contribution < -0.4 is 11.1 Å². The molecule has 4 nitrogen and oxygen atoms in total. The van der Waals surface area contributed by atoms with Crippen LogP contribution in [0.3, 0.4) is 0 Å². The second-order valence-corrected chi connectivity index (χ2v) is 2.97. The summed E-state index contributed by atoms with van der Waals surface area (Å²) in [6.07, 6.45) is 2.26. The van der Waals surface area contributed by atoms with Gasteiger partial charge in [-0.3, -0.25) is 0 Å². The zero-order chi connectivity index (χ0) is 8.97. The van der Waals surface area contributed by atoms with Gasteiger partial charge in [0.05, 0.1) is 6.61 Å². The van der Waals surface area contributed by atoms with Crippen LogP contribution in [0.2, 0.25) is 0 Å². The Labute approximate surface area is 72.0 Å². The smallest absolute Gasteiger partial charge is 0.0828 e. The number of aliphatic hydroxyl groups is 1. The van der Waals surface area contributed by atoms with Crippen LogP contribution in [0, 0.1) is 11.3 Å². The highest BCUT2D eigenvalue weighted by atomic mass is 16.3. The molecule has 4 heteroatoms. The monoisotopic (exact) mass is 169 g/mol. The molecule has 0 aromatic carbocycles. The van der Waals surface area contributed by atoms with E-state index in [1.807, 2.05) is 0 Å². The molecule has 1 saturated heterocycles. The molecule has 0 aromatic heterocycles. The summed E-state index contributed by atoms with van der Waals surface area (Å²) >= 11 is 0. The maximum atomic E-state index is 8.79. The van der Waals surface area contributed by atoms with Gasteiger partial charge >= 0.3 is 0 Å². The number of hydrogen-bond acceptors (Lipinski definition) is 4. The fourth-order valence-electron chi connectivity index (χ4n) is 1.48. The van der Waals surface area contributed by atoms with E-state index in [9.17, 15) is 0 Å². The number of rotatable bonds is 3. The Morgan fingerprint density at radius 3 is 2.92 bits per heavy atom. The van der Waals surface area contributed by atoms with Gasteiger partial charge in [-0.1, -0.05) is 0 Å². The zero-order valence-corrected chi connectivity index (χ0v) is 7.01. The van der Waals surface area contributed by atoms with Gasteiger partial charge in [-0.05, 0) is 18.5 Å². The average Bonchev–Trinajstić information content (AvgIpc) is 2.58. The molecular weight excluding hydrogens is 154 g/mol. The van der Waals surface area contributed by atoms with E-state index in [2.05, 4.69) is 5.32 Å². The van der Waals surface area contributed by atoms with E-state index in [-0.39, 0.29) is 6.61 Å². The Hall–Kier alpha value is -0.870. The van der Waals surface area contributed by atoms with E-state index in [1.54, 1.807) is 0 Å². The van der Waals surface area contributed by atoms with Gasteiger partial charge in [0, 0.05) is 24.4 Å². The lowest BCUT2D eigenvalue weighted by atomic mass is 9.97. The molecule has 68 valence electrons. The highest BCUT2D eigenvalue weighted by Gasteiger charge is 2.19. The Bertz CT molecular complexity index is 194. The number of nitrogens with two attached hydrogens (primary N) is 1. The van der Waals surface area contributed by atoms with Gasteiger partial charge in [-0.2, -0.15) is 0 Å². The molecule has 12 heavy (non-hydrogen) atoms. The Morgan fingerprint density at radius 2 is 2.50 bits per heavy atom. The number of hydrogen-bond donors (Lipinski definition) is 4. The van der Waals surface area contributed by atoms with Crippen LogP contribution in [0.15, 0.2) is 11.3 Å². The zero-order valence-electron chi connectivity index (χ0n) is 7.01. The van der Waals surface area contributed by atoms with E-state index >= 15 is 0 Å². The second-order valence-electron chi connectivity index (χ2n) is 2.97.